The van der Waals surface area contributed by atoms with E-state index in [1.165, 1.54) is 0 Å². The van der Waals surface area contributed by atoms with Crippen molar-refractivity contribution < 1.29 is 19.1 Å². The van der Waals surface area contributed by atoms with E-state index in [4.69, 9.17) is 9.47 Å². The quantitative estimate of drug-likeness (QED) is 0.660. The van der Waals surface area contributed by atoms with Crippen molar-refractivity contribution in [3.63, 3.8) is 0 Å². The monoisotopic (exact) mass is 426 g/mol. The van der Waals surface area contributed by atoms with Gasteiger partial charge in [-0.1, -0.05) is 17.7 Å². The minimum atomic E-state index is -0.350. The van der Waals surface area contributed by atoms with E-state index >= 15 is 0 Å². The Labute approximate surface area is 182 Å². The lowest BCUT2D eigenvalue weighted by Gasteiger charge is -2.37. The highest BCUT2D eigenvalue weighted by Crippen LogP contribution is 2.38. The first-order valence-corrected chi connectivity index (χ1v) is 10.4. The number of aryl methyl sites for hydroxylation is 1. The number of urea groups is 2. The van der Waals surface area contributed by atoms with Crippen molar-refractivity contribution in [3.05, 3.63) is 53.1 Å². The first-order chi connectivity index (χ1) is 15.0. The molecule has 0 spiro atoms. The van der Waals surface area contributed by atoms with Gasteiger partial charge < -0.3 is 30.3 Å². The van der Waals surface area contributed by atoms with Crippen LogP contribution in [0.2, 0.25) is 0 Å². The molecule has 0 saturated carbocycles. The molecule has 3 rings (SSSR count). The molecule has 166 valence electrons. The lowest BCUT2D eigenvalue weighted by atomic mass is 9.92. The summed E-state index contributed by atoms with van der Waals surface area (Å²) in [5, 5.41) is 8.56. The fraction of sp³-hybridized carbons (Fsp3) is 0.391. The summed E-state index contributed by atoms with van der Waals surface area (Å²) in [6, 6.07) is 10.7. The summed E-state index contributed by atoms with van der Waals surface area (Å²) in [7, 11) is 3.18. The molecular formula is C23H30N4O4. The zero-order chi connectivity index (χ0) is 22.4. The lowest BCUT2D eigenvalue weighted by Crippen LogP contribution is -2.48. The number of carbonyl (C=O) groups is 2. The van der Waals surface area contributed by atoms with Crippen LogP contribution in [0.1, 0.15) is 29.7 Å². The van der Waals surface area contributed by atoms with Crippen molar-refractivity contribution in [2.24, 2.45) is 0 Å². The van der Waals surface area contributed by atoms with Crippen molar-refractivity contribution in [2.45, 2.75) is 26.3 Å². The van der Waals surface area contributed by atoms with Crippen LogP contribution in [0.3, 0.4) is 0 Å². The van der Waals surface area contributed by atoms with E-state index in [0.29, 0.717) is 31.0 Å². The van der Waals surface area contributed by atoms with Gasteiger partial charge in [0.05, 0.1) is 20.3 Å². The van der Waals surface area contributed by atoms with Gasteiger partial charge in [-0.15, -0.1) is 0 Å². The summed E-state index contributed by atoms with van der Waals surface area (Å²) in [6.07, 6.45) is 0.675. The number of ether oxygens (including phenoxy) is 2. The van der Waals surface area contributed by atoms with Gasteiger partial charge in [0.15, 0.2) is 11.5 Å². The number of anilines is 1. The predicted octanol–water partition coefficient (Wildman–Crippen LogP) is 3.46. The van der Waals surface area contributed by atoms with Gasteiger partial charge in [0.25, 0.3) is 0 Å². The SMILES string of the molecule is CCNC(=O)NCC1c2cc(OC)c(OC)cc2CCN1C(=O)Nc1ccc(C)cc1. The molecule has 0 radical (unpaired) electrons. The molecule has 2 aromatic rings. The number of benzene rings is 2. The van der Waals surface area contributed by atoms with E-state index in [1.807, 2.05) is 50.2 Å². The molecule has 1 aliphatic rings. The van der Waals surface area contributed by atoms with Gasteiger partial charge in [-0.2, -0.15) is 0 Å². The zero-order valence-electron chi connectivity index (χ0n) is 18.5. The molecule has 8 nitrogen and oxygen atoms in total. The molecule has 0 saturated heterocycles. The molecule has 0 bridgehead atoms. The average molecular weight is 427 g/mol. The van der Waals surface area contributed by atoms with Crippen molar-refractivity contribution in [1.29, 1.82) is 0 Å². The van der Waals surface area contributed by atoms with Gasteiger partial charge in [-0.3, -0.25) is 0 Å². The highest BCUT2D eigenvalue weighted by molar-refractivity contribution is 5.90. The summed E-state index contributed by atoms with van der Waals surface area (Å²) in [6.45, 7) is 5.17. The number of hydrogen-bond donors (Lipinski definition) is 3. The Morgan fingerprint density at radius 1 is 1.06 bits per heavy atom. The maximum Gasteiger partial charge on any atom is 0.322 e. The standard InChI is InChI=1S/C23H30N4O4/c1-5-24-22(28)25-14-19-18-13-21(31-4)20(30-3)12-16(18)10-11-27(19)23(29)26-17-8-6-15(2)7-9-17/h6-9,12-13,19H,5,10-11,14H2,1-4H3,(H,26,29)(H2,24,25,28). The van der Waals surface area contributed by atoms with E-state index in [9.17, 15) is 9.59 Å². The van der Waals surface area contributed by atoms with E-state index in [1.54, 1.807) is 19.1 Å². The molecule has 4 amide bonds. The molecule has 3 N–H and O–H groups in total. The minimum absolute atomic E-state index is 0.216. The van der Waals surface area contributed by atoms with Crippen LogP contribution < -0.4 is 25.4 Å². The second-order valence-electron chi connectivity index (χ2n) is 7.40. The maximum absolute atomic E-state index is 13.2. The molecule has 1 aliphatic heterocycles. The first kappa shape index (κ1) is 22.3. The Morgan fingerprint density at radius 2 is 1.74 bits per heavy atom. The largest absolute Gasteiger partial charge is 0.493 e. The molecule has 0 aliphatic carbocycles. The lowest BCUT2D eigenvalue weighted by molar-refractivity contribution is 0.179. The second-order valence-corrected chi connectivity index (χ2v) is 7.40. The Morgan fingerprint density at radius 3 is 2.39 bits per heavy atom. The molecule has 2 aromatic carbocycles. The highest BCUT2D eigenvalue weighted by atomic mass is 16.5. The summed E-state index contributed by atoms with van der Waals surface area (Å²) in [4.78, 5) is 26.9. The van der Waals surface area contributed by atoms with Crippen LogP contribution in [-0.4, -0.2) is 50.8 Å². The first-order valence-electron chi connectivity index (χ1n) is 10.4. The fourth-order valence-electron chi connectivity index (χ4n) is 3.74. The molecule has 0 fully saturated rings. The van der Waals surface area contributed by atoms with Crippen molar-refractivity contribution >= 4 is 17.7 Å². The van der Waals surface area contributed by atoms with E-state index in [-0.39, 0.29) is 24.6 Å². The van der Waals surface area contributed by atoms with Gasteiger partial charge >= 0.3 is 12.1 Å². The van der Waals surface area contributed by atoms with Gasteiger partial charge in [0, 0.05) is 25.3 Å². The number of fused-ring (bicyclic) bond motifs is 1. The summed E-state index contributed by atoms with van der Waals surface area (Å²) in [5.41, 5.74) is 3.85. The molecule has 8 heteroatoms. The van der Waals surface area contributed by atoms with E-state index < -0.39 is 0 Å². The van der Waals surface area contributed by atoms with Crippen molar-refractivity contribution in [2.75, 3.05) is 39.2 Å². The number of amides is 4. The summed E-state index contributed by atoms with van der Waals surface area (Å²) >= 11 is 0. The number of nitrogens with one attached hydrogen (secondary N) is 3. The van der Waals surface area contributed by atoms with Crippen LogP contribution in [0, 0.1) is 6.92 Å². The Kier molecular flexibility index (Phi) is 7.23. The van der Waals surface area contributed by atoms with Gasteiger partial charge in [-0.25, -0.2) is 9.59 Å². The van der Waals surface area contributed by atoms with Crippen LogP contribution in [0.5, 0.6) is 11.5 Å². The molecule has 1 unspecified atom stereocenters. The molecule has 31 heavy (non-hydrogen) atoms. The molecular weight excluding hydrogens is 396 g/mol. The van der Waals surface area contributed by atoms with E-state index in [0.717, 1.165) is 22.4 Å². The van der Waals surface area contributed by atoms with Crippen LogP contribution in [-0.2, 0) is 6.42 Å². The topological polar surface area (TPSA) is 91.9 Å². The van der Waals surface area contributed by atoms with Crippen LogP contribution in [0.4, 0.5) is 15.3 Å². The fourth-order valence-corrected chi connectivity index (χ4v) is 3.74. The van der Waals surface area contributed by atoms with Crippen molar-refractivity contribution in [1.82, 2.24) is 15.5 Å². The Hall–Kier alpha value is -3.42. The number of hydrogen-bond acceptors (Lipinski definition) is 4. The van der Waals surface area contributed by atoms with Crippen molar-refractivity contribution in [3.8, 4) is 11.5 Å². The van der Waals surface area contributed by atoms with Gasteiger partial charge in [-0.05, 0) is 55.7 Å². The minimum Gasteiger partial charge on any atom is -0.493 e. The molecule has 1 atom stereocenters. The number of rotatable bonds is 6. The number of carbonyl (C=O) groups excluding carboxylic acids is 2. The van der Waals surface area contributed by atoms with Crippen LogP contribution >= 0.6 is 0 Å². The Bertz CT molecular complexity index is 930. The van der Waals surface area contributed by atoms with Crippen LogP contribution in [0.15, 0.2) is 36.4 Å². The molecule has 0 aromatic heterocycles. The normalized spacial score (nSPS) is 15.0. The summed E-state index contributed by atoms with van der Waals surface area (Å²) in [5.74, 6) is 1.24. The maximum atomic E-state index is 13.2. The van der Waals surface area contributed by atoms with Gasteiger partial charge in [0.2, 0.25) is 0 Å². The second kappa shape index (κ2) is 10.1. The third kappa shape index (κ3) is 5.20. The number of methoxy groups -OCH3 is 2. The third-order valence-electron chi connectivity index (χ3n) is 5.36. The summed E-state index contributed by atoms with van der Waals surface area (Å²) < 4.78 is 10.9. The van der Waals surface area contributed by atoms with Gasteiger partial charge in [0.1, 0.15) is 0 Å². The molecule has 1 heterocycles. The zero-order valence-corrected chi connectivity index (χ0v) is 18.5. The predicted molar refractivity (Wildman–Crippen MR) is 120 cm³/mol. The number of nitrogens with zero attached hydrogens (tertiary/aromatic N) is 1. The average Bonchev–Trinajstić information content (AvgIpc) is 2.77. The highest BCUT2D eigenvalue weighted by Gasteiger charge is 2.32. The van der Waals surface area contributed by atoms with E-state index in [2.05, 4.69) is 16.0 Å². The third-order valence-corrected chi connectivity index (χ3v) is 5.36. The van der Waals surface area contributed by atoms with Crippen LogP contribution in [0.25, 0.3) is 0 Å². The smallest absolute Gasteiger partial charge is 0.322 e. The Balaban J connectivity index is 1.89.